The van der Waals surface area contributed by atoms with Gasteiger partial charge in [-0.2, -0.15) is 0 Å². The number of ether oxygens (including phenoxy) is 1. The van der Waals surface area contributed by atoms with Gasteiger partial charge in [-0.05, 0) is 12.1 Å². The number of rotatable bonds is 2. The van der Waals surface area contributed by atoms with Gasteiger partial charge in [-0.25, -0.2) is 4.42 Å². The Hall–Kier alpha value is -1.26. The van der Waals surface area contributed by atoms with Crippen LogP contribution >= 0.6 is 11.8 Å². The zero-order valence-corrected chi connectivity index (χ0v) is 8.05. The Morgan fingerprint density at radius 2 is 2.43 bits per heavy atom. The van der Waals surface area contributed by atoms with Gasteiger partial charge in [0.2, 0.25) is 6.23 Å². The van der Waals surface area contributed by atoms with Crippen molar-refractivity contribution in [2.75, 3.05) is 6.61 Å². The van der Waals surface area contributed by atoms with Crippen molar-refractivity contribution in [3.8, 4) is 0 Å². The van der Waals surface area contributed by atoms with E-state index in [-0.39, 0.29) is 6.61 Å². The summed E-state index contributed by atoms with van der Waals surface area (Å²) in [4.78, 5) is 4.11. The average molecular weight is 213 g/mol. The van der Waals surface area contributed by atoms with E-state index in [1.807, 2.05) is 18.2 Å². The monoisotopic (exact) mass is 212 g/mol. The minimum atomic E-state index is -0.444. The summed E-state index contributed by atoms with van der Waals surface area (Å²) in [7, 11) is 0. The van der Waals surface area contributed by atoms with Crippen LogP contribution in [0.2, 0.25) is 0 Å². The maximum atomic E-state index is 8.85. The second-order valence-electron chi connectivity index (χ2n) is 2.82. The van der Waals surface area contributed by atoms with Crippen molar-refractivity contribution in [2.45, 2.75) is 6.23 Å². The molecule has 1 aromatic heterocycles. The normalized spacial score (nSPS) is 20.6. The first kappa shape index (κ1) is 9.30. The molecule has 1 aliphatic heterocycles. The highest BCUT2D eigenvalue weighted by molar-refractivity contribution is 6.14. The van der Waals surface area contributed by atoms with Crippen molar-refractivity contribution in [3.05, 3.63) is 42.0 Å². The van der Waals surface area contributed by atoms with Crippen LogP contribution in [0.3, 0.4) is 0 Å². The van der Waals surface area contributed by atoms with Gasteiger partial charge in [-0.3, -0.25) is 4.98 Å². The summed E-state index contributed by atoms with van der Waals surface area (Å²) in [5.74, 6) is 0.440. The van der Waals surface area contributed by atoms with Crippen molar-refractivity contribution in [1.29, 1.82) is 0 Å². The van der Waals surface area contributed by atoms with Gasteiger partial charge in [-0.1, -0.05) is 6.07 Å². The van der Waals surface area contributed by atoms with Gasteiger partial charge >= 0.3 is 0 Å². The summed E-state index contributed by atoms with van der Waals surface area (Å²) >= 11 is 5.87. The lowest BCUT2D eigenvalue weighted by Gasteiger charge is -2.16. The number of hydrogen-bond donors (Lipinski definition) is 1. The Kier molecular flexibility index (Phi) is 2.56. The molecule has 1 N–H and O–H groups in total. The van der Waals surface area contributed by atoms with E-state index in [1.54, 1.807) is 12.4 Å². The van der Waals surface area contributed by atoms with Crippen LogP contribution in [0.15, 0.2) is 36.4 Å². The van der Waals surface area contributed by atoms with Crippen molar-refractivity contribution < 1.29 is 9.84 Å². The molecule has 0 saturated heterocycles. The van der Waals surface area contributed by atoms with E-state index in [9.17, 15) is 0 Å². The van der Waals surface area contributed by atoms with Crippen molar-refractivity contribution in [2.24, 2.45) is 0 Å². The molecule has 0 radical (unpaired) electrons. The Bertz CT molecular complexity index is 342. The molecule has 0 bridgehead atoms. The standard InChI is InChI=1S/C9H9ClN2O2/c10-12-5-7(6-13)14-9(12)8-3-1-2-4-11-8/h1-5,9,13H,6H2. The molecule has 5 heteroatoms. The number of nitrogens with zero attached hydrogens (tertiary/aromatic N) is 2. The third kappa shape index (κ3) is 1.66. The molecular weight excluding hydrogens is 204 g/mol. The lowest BCUT2D eigenvalue weighted by molar-refractivity contribution is 0.0638. The molecule has 2 rings (SSSR count). The molecule has 0 amide bonds. The summed E-state index contributed by atoms with van der Waals surface area (Å²) in [6.07, 6.45) is 2.77. The van der Waals surface area contributed by atoms with Gasteiger partial charge in [0.05, 0.1) is 6.20 Å². The van der Waals surface area contributed by atoms with E-state index in [0.29, 0.717) is 11.5 Å². The van der Waals surface area contributed by atoms with Crippen LogP contribution < -0.4 is 0 Å². The maximum Gasteiger partial charge on any atom is 0.228 e. The minimum Gasteiger partial charge on any atom is -0.464 e. The molecule has 0 aliphatic carbocycles. The SMILES string of the molecule is OCC1=CN(Cl)C(c2ccccn2)O1. The van der Waals surface area contributed by atoms with Crippen LogP contribution in [0.5, 0.6) is 0 Å². The van der Waals surface area contributed by atoms with Gasteiger partial charge in [0.25, 0.3) is 0 Å². The lowest BCUT2D eigenvalue weighted by Crippen LogP contribution is -2.11. The molecule has 14 heavy (non-hydrogen) atoms. The molecule has 1 aliphatic rings. The molecule has 74 valence electrons. The predicted octanol–water partition coefficient (Wildman–Crippen LogP) is 1.40. The molecule has 1 atom stereocenters. The lowest BCUT2D eigenvalue weighted by atomic mass is 10.3. The molecule has 1 aromatic rings. The number of halogens is 1. The second-order valence-corrected chi connectivity index (χ2v) is 3.21. The molecule has 2 heterocycles. The molecule has 4 nitrogen and oxygen atoms in total. The maximum absolute atomic E-state index is 8.85. The molecule has 0 saturated carbocycles. The van der Waals surface area contributed by atoms with Gasteiger partial charge < -0.3 is 9.84 Å². The van der Waals surface area contributed by atoms with Crippen molar-refractivity contribution in [1.82, 2.24) is 9.40 Å². The van der Waals surface area contributed by atoms with Gasteiger partial charge in [-0.15, -0.1) is 0 Å². The van der Waals surface area contributed by atoms with E-state index in [4.69, 9.17) is 21.6 Å². The van der Waals surface area contributed by atoms with E-state index in [2.05, 4.69) is 4.98 Å². The van der Waals surface area contributed by atoms with Crippen LogP contribution in [0.25, 0.3) is 0 Å². The summed E-state index contributed by atoms with van der Waals surface area (Å²) in [5.41, 5.74) is 0.710. The number of aliphatic hydroxyl groups excluding tert-OH is 1. The fraction of sp³-hybridized carbons (Fsp3) is 0.222. The third-order valence-corrected chi connectivity index (χ3v) is 2.13. The average Bonchev–Trinajstić information content (AvgIpc) is 2.61. The van der Waals surface area contributed by atoms with Crippen LogP contribution in [0.1, 0.15) is 11.9 Å². The van der Waals surface area contributed by atoms with Crippen LogP contribution in [-0.2, 0) is 4.74 Å². The number of aromatic nitrogens is 1. The first-order chi connectivity index (χ1) is 6.81. The summed E-state index contributed by atoms with van der Waals surface area (Å²) < 4.78 is 6.71. The van der Waals surface area contributed by atoms with Crippen LogP contribution in [0, 0.1) is 0 Å². The smallest absolute Gasteiger partial charge is 0.228 e. The third-order valence-electron chi connectivity index (χ3n) is 1.85. The van der Waals surface area contributed by atoms with Crippen molar-refractivity contribution >= 4 is 11.8 Å². The molecule has 0 fully saturated rings. The minimum absolute atomic E-state index is 0.160. The highest BCUT2D eigenvalue weighted by atomic mass is 35.5. The number of pyridine rings is 1. The quantitative estimate of drug-likeness (QED) is 0.753. The number of hydrogen-bond acceptors (Lipinski definition) is 4. The summed E-state index contributed by atoms with van der Waals surface area (Å²) in [6.45, 7) is -0.160. The highest BCUT2D eigenvalue weighted by Crippen LogP contribution is 2.31. The zero-order valence-electron chi connectivity index (χ0n) is 7.30. The van der Waals surface area contributed by atoms with E-state index in [0.717, 1.165) is 0 Å². The fourth-order valence-corrected chi connectivity index (χ4v) is 1.46. The second kappa shape index (κ2) is 3.86. The summed E-state index contributed by atoms with van der Waals surface area (Å²) in [5, 5.41) is 8.85. The first-order valence-electron chi connectivity index (χ1n) is 4.14. The molecule has 0 aromatic carbocycles. The topological polar surface area (TPSA) is 45.6 Å². The van der Waals surface area contributed by atoms with E-state index in [1.165, 1.54) is 4.42 Å². The number of aliphatic hydroxyl groups is 1. The Labute approximate surface area is 86.5 Å². The Morgan fingerprint density at radius 1 is 1.57 bits per heavy atom. The van der Waals surface area contributed by atoms with Gasteiger partial charge in [0, 0.05) is 18.0 Å². The molecule has 0 spiro atoms. The first-order valence-corrected chi connectivity index (χ1v) is 4.48. The Morgan fingerprint density at radius 3 is 3.00 bits per heavy atom. The zero-order chi connectivity index (χ0) is 9.97. The van der Waals surface area contributed by atoms with Crippen molar-refractivity contribution in [3.63, 3.8) is 0 Å². The summed E-state index contributed by atoms with van der Waals surface area (Å²) in [6, 6.07) is 5.49. The van der Waals surface area contributed by atoms with E-state index >= 15 is 0 Å². The van der Waals surface area contributed by atoms with Gasteiger partial charge in [0.15, 0.2) is 0 Å². The Balaban J connectivity index is 2.16. The van der Waals surface area contributed by atoms with Crippen LogP contribution in [-0.4, -0.2) is 21.1 Å². The predicted molar refractivity (Wildman–Crippen MR) is 50.9 cm³/mol. The van der Waals surface area contributed by atoms with Crippen LogP contribution in [0.4, 0.5) is 0 Å². The molecular formula is C9H9ClN2O2. The largest absolute Gasteiger partial charge is 0.464 e. The van der Waals surface area contributed by atoms with E-state index < -0.39 is 6.23 Å². The molecule has 1 unspecified atom stereocenters. The van der Waals surface area contributed by atoms with Gasteiger partial charge in [0.1, 0.15) is 18.1 Å². The highest BCUT2D eigenvalue weighted by Gasteiger charge is 2.26. The fourth-order valence-electron chi connectivity index (χ4n) is 1.22.